The molecule has 6 heteroatoms. The lowest BCUT2D eigenvalue weighted by Crippen LogP contribution is -2.48. The van der Waals surface area contributed by atoms with Crippen molar-refractivity contribution in [3.63, 3.8) is 0 Å². The van der Waals surface area contributed by atoms with E-state index in [4.69, 9.17) is 0 Å². The van der Waals surface area contributed by atoms with Crippen molar-refractivity contribution < 1.29 is 14.4 Å². The third-order valence-corrected chi connectivity index (χ3v) is 4.04. The molecule has 0 bridgehead atoms. The number of rotatable bonds is 5. The molecule has 0 aromatic heterocycles. The number of nitrogens with one attached hydrogen (secondary N) is 1. The van der Waals surface area contributed by atoms with Crippen LogP contribution in [0.1, 0.15) is 32.6 Å². The first-order valence-electron chi connectivity index (χ1n) is 7.17. The number of carbonyl (C=O) groups excluding carboxylic acids is 3. The zero-order chi connectivity index (χ0) is 14.9. The Morgan fingerprint density at radius 3 is 2.50 bits per heavy atom. The Kier molecular flexibility index (Phi) is 4.01. The van der Waals surface area contributed by atoms with Gasteiger partial charge in [0.15, 0.2) is 0 Å². The number of nitrogens with zero attached hydrogens (tertiary/aromatic N) is 2. The Balaban J connectivity index is 1.88. The van der Waals surface area contributed by atoms with Crippen molar-refractivity contribution in [2.45, 2.75) is 38.6 Å². The summed E-state index contributed by atoms with van der Waals surface area (Å²) >= 11 is 0. The van der Waals surface area contributed by atoms with Crippen molar-refractivity contribution in [2.24, 2.45) is 5.41 Å². The third kappa shape index (κ3) is 2.78. The fourth-order valence-electron chi connectivity index (χ4n) is 2.73. The van der Waals surface area contributed by atoms with E-state index in [1.54, 1.807) is 19.0 Å². The van der Waals surface area contributed by atoms with Gasteiger partial charge in [-0.1, -0.05) is 0 Å². The molecule has 1 saturated carbocycles. The van der Waals surface area contributed by atoms with Gasteiger partial charge in [0.25, 0.3) is 0 Å². The maximum Gasteiger partial charge on any atom is 0.237 e. The van der Waals surface area contributed by atoms with E-state index in [0.717, 1.165) is 13.0 Å². The summed E-state index contributed by atoms with van der Waals surface area (Å²) in [6.07, 6.45) is 2.72. The normalized spacial score (nSPS) is 21.6. The van der Waals surface area contributed by atoms with E-state index in [1.807, 2.05) is 6.92 Å². The molecule has 2 rings (SSSR count). The first-order valence-corrected chi connectivity index (χ1v) is 7.17. The second-order valence-electron chi connectivity index (χ2n) is 6.10. The van der Waals surface area contributed by atoms with E-state index in [1.165, 1.54) is 4.90 Å². The summed E-state index contributed by atoms with van der Waals surface area (Å²) in [5.41, 5.74) is -0.854. The maximum absolute atomic E-state index is 12.3. The minimum atomic E-state index is -0.854. The predicted molar refractivity (Wildman–Crippen MR) is 73.8 cm³/mol. The lowest BCUT2D eigenvalue weighted by atomic mass is 10.0. The highest BCUT2D eigenvalue weighted by molar-refractivity contribution is 6.07. The van der Waals surface area contributed by atoms with E-state index in [0.29, 0.717) is 25.8 Å². The van der Waals surface area contributed by atoms with Gasteiger partial charge in [0.05, 0.1) is 0 Å². The summed E-state index contributed by atoms with van der Waals surface area (Å²) in [5.74, 6) is -0.175. The summed E-state index contributed by atoms with van der Waals surface area (Å²) in [5, 5.41) is 2.89. The van der Waals surface area contributed by atoms with Gasteiger partial charge in [-0.2, -0.15) is 0 Å². The standard InChI is InChI=1S/C14H23N3O3/c1-10(9-17-8-4-5-11(17)18)15-12(19)14(6-7-14)13(20)16(2)3/h10H,4-9H2,1-3H3,(H,15,19)/t10-/m1/s1. The molecule has 2 aliphatic rings. The van der Waals surface area contributed by atoms with Gasteiger partial charge in [0.1, 0.15) is 5.41 Å². The lowest BCUT2D eigenvalue weighted by Gasteiger charge is -2.25. The number of amides is 3. The van der Waals surface area contributed by atoms with Crippen molar-refractivity contribution in [3.8, 4) is 0 Å². The van der Waals surface area contributed by atoms with Crippen molar-refractivity contribution in [1.82, 2.24) is 15.1 Å². The smallest absolute Gasteiger partial charge is 0.237 e. The Morgan fingerprint density at radius 1 is 1.40 bits per heavy atom. The second-order valence-corrected chi connectivity index (χ2v) is 6.10. The number of likely N-dealkylation sites (tertiary alicyclic amines) is 1. The van der Waals surface area contributed by atoms with E-state index in [-0.39, 0.29) is 23.8 Å². The molecule has 20 heavy (non-hydrogen) atoms. The molecule has 0 spiro atoms. The van der Waals surface area contributed by atoms with Gasteiger partial charge in [0, 0.05) is 39.6 Å². The average molecular weight is 281 g/mol. The van der Waals surface area contributed by atoms with Gasteiger partial charge in [-0.25, -0.2) is 0 Å². The van der Waals surface area contributed by atoms with E-state index in [2.05, 4.69) is 5.32 Å². The Hall–Kier alpha value is -1.59. The van der Waals surface area contributed by atoms with E-state index >= 15 is 0 Å². The first kappa shape index (κ1) is 14.8. The Bertz CT molecular complexity index is 429. The fraction of sp³-hybridized carbons (Fsp3) is 0.786. The van der Waals surface area contributed by atoms with Crippen LogP contribution >= 0.6 is 0 Å². The molecule has 1 aliphatic heterocycles. The summed E-state index contributed by atoms with van der Waals surface area (Å²) < 4.78 is 0. The minimum Gasteiger partial charge on any atom is -0.351 e. The molecule has 2 fully saturated rings. The number of carbonyl (C=O) groups is 3. The van der Waals surface area contributed by atoms with Crippen LogP contribution in [0.4, 0.5) is 0 Å². The van der Waals surface area contributed by atoms with Crippen molar-refractivity contribution >= 4 is 17.7 Å². The molecular formula is C14H23N3O3. The molecule has 0 aromatic rings. The molecule has 112 valence electrons. The zero-order valence-corrected chi connectivity index (χ0v) is 12.4. The van der Waals surface area contributed by atoms with E-state index in [9.17, 15) is 14.4 Å². The molecule has 0 aromatic carbocycles. The van der Waals surface area contributed by atoms with Gasteiger partial charge in [-0.15, -0.1) is 0 Å². The fourth-order valence-corrected chi connectivity index (χ4v) is 2.73. The molecule has 1 saturated heterocycles. The van der Waals surface area contributed by atoms with Crippen molar-refractivity contribution in [1.29, 1.82) is 0 Å². The summed E-state index contributed by atoms with van der Waals surface area (Å²) in [7, 11) is 3.34. The van der Waals surface area contributed by atoms with Crippen molar-refractivity contribution in [2.75, 3.05) is 27.2 Å². The highest BCUT2D eigenvalue weighted by atomic mass is 16.2. The molecule has 1 heterocycles. The third-order valence-electron chi connectivity index (χ3n) is 4.04. The average Bonchev–Trinajstić information content (AvgIpc) is 3.09. The zero-order valence-electron chi connectivity index (χ0n) is 12.4. The van der Waals surface area contributed by atoms with Gasteiger partial charge in [0.2, 0.25) is 17.7 Å². The van der Waals surface area contributed by atoms with Crippen molar-refractivity contribution in [3.05, 3.63) is 0 Å². The minimum absolute atomic E-state index is 0.126. The Labute approximate surface area is 119 Å². The van der Waals surface area contributed by atoms with Crippen LogP contribution in [0.15, 0.2) is 0 Å². The monoisotopic (exact) mass is 281 g/mol. The molecular weight excluding hydrogens is 258 g/mol. The molecule has 6 nitrogen and oxygen atoms in total. The molecule has 1 N–H and O–H groups in total. The SMILES string of the molecule is C[C@H](CN1CCCC1=O)NC(=O)C1(C(=O)N(C)C)CC1. The van der Waals surface area contributed by atoms with Gasteiger partial charge >= 0.3 is 0 Å². The highest BCUT2D eigenvalue weighted by Gasteiger charge is 2.57. The van der Waals surface area contributed by atoms with Crippen LogP contribution in [0.3, 0.4) is 0 Å². The summed E-state index contributed by atoms with van der Waals surface area (Å²) in [4.78, 5) is 39.1. The second kappa shape index (κ2) is 5.42. The Morgan fingerprint density at radius 2 is 2.05 bits per heavy atom. The first-order chi connectivity index (χ1) is 9.36. The van der Waals surface area contributed by atoms with Crippen LogP contribution in [0.25, 0.3) is 0 Å². The lowest BCUT2D eigenvalue weighted by molar-refractivity contribution is -0.143. The number of hydrogen-bond acceptors (Lipinski definition) is 3. The largest absolute Gasteiger partial charge is 0.351 e. The van der Waals surface area contributed by atoms with Crippen LogP contribution in [0.5, 0.6) is 0 Å². The van der Waals surface area contributed by atoms with Crippen LogP contribution in [-0.2, 0) is 14.4 Å². The summed E-state index contributed by atoms with van der Waals surface area (Å²) in [6, 6.07) is -0.128. The quantitative estimate of drug-likeness (QED) is 0.720. The topological polar surface area (TPSA) is 69.7 Å². The molecule has 1 aliphatic carbocycles. The van der Waals surface area contributed by atoms with Crippen LogP contribution in [0, 0.1) is 5.41 Å². The summed E-state index contributed by atoms with van der Waals surface area (Å²) in [6.45, 7) is 3.16. The maximum atomic E-state index is 12.3. The van der Waals surface area contributed by atoms with E-state index < -0.39 is 5.41 Å². The molecule has 1 atom stereocenters. The van der Waals surface area contributed by atoms with Crippen LogP contribution in [0.2, 0.25) is 0 Å². The highest BCUT2D eigenvalue weighted by Crippen LogP contribution is 2.47. The molecule has 0 radical (unpaired) electrons. The van der Waals surface area contributed by atoms with Gasteiger partial charge in [-0.3, -0.25) is 14.4 Å². The molecule has 0 unspecified atom stereocenters. The van der Waals surface area contributed by atoms with Gasteiger partial charge in [-0.05, 0) is 26.2 Å². The van der Waals surface area contributed by atoms with Gasteiger partial charge < -0.3 is 15.1 Å². The number of hydrogen-bond donors (Lipinski definition) is 1. The van der Waals surface area contributed by atoms with Crippen LogP contribution < -0.4 is 5.32 Å². The van der Waals surface area contributed by atoms with Crippen LogP contribution in [-0.4, -0.2) is 60.7 Å². The predicted octanol–water partition coefficient (Wildman–Crippen LogP) is -0.0181. The molecule has 3 amide bonds.